The third-order valence-corrected chi connectivity index (χ3v) is 6.15. The lowest BCUT2D eigenvalue weighted by Gasteiger charge is -2.52. The largest absolute Gasteiger partial charge is 0.394 e. The molecule has 0 bridgehead atoms. The molecule has 5 heteroatoms. The Morgan fingerprint density at radius 1 is 1.18 bits per heavy atom. The second kappa shape index (κ2) is 7.73. The molecule has 1 N–H and O–H groups in total. The molecular formula is C23H23FN2O2. The van der Waals surface area contributed by atoms with Gasteiger partial charge in [0.1, 0.15) is 11.9 Å². The fourth-order valence-corrected chi connectivity index (χ4v) is 4.77. The van der Waals surface area contributed by atoms with Gasteiger partial charge in [-0.25, -0.2) is 4.39 Å². The number of nitrogens with zero attached hydrogens (tertiary/aromatic N) is 2. The summed E-state index contributed by atoms with van der Waals surface area (Å²) in [6, 6.07) is 15.2. The van der Waals surface area contributed by atoms with Crippen LogP contribution in [0.3, 0.4) is 0 Å². The number of hydrogen-bond acceptors (Lipinski definition) is 3. The van der Waals surface area contributed by atoms with Crippen molar-refractivity contribution in [1.29, 1.82) is 5.26 Å². The zero-order valence-electron chi connectivity index (χ0n) is 15.6. The van der Waals surface area contributed by atoms with Gasteiger partial charge in [-0.05, 0) is 41.7 Å². The van der Waals surface area contributed by atoms with Crippen molar-refractivity contribution in [2.45, 2.75) is 43.7 Å². The predicted molar refractivity (Wildman–Crippen MR) is 104 cm³/mol. The zero-order chi connectivity index (χ0) is 19.7. The van der Waals surface area contributed by atoms with E-state index in [0.29, 0.717) is 0 Å². The molecule has 3 atom stereocenters. The first-order valence-corrected chi connectivity index (χ1v) is 9.83. The van der Waals surface area contributed by atoms with Crippen LogP contribution < -0.4 is 0 Å². The van der Waals surface area contributed by atoms with E-state index in [4.69, 9.17) is 0 Å². The SMILES string of the molecule is N#C[C@@H]1[C@H](c2ccccc2-c2cccc(F)c2)[C@H](CO)N1C(=O)C1CCCC1. The van der Waals surface area contributed by atoms with Crippen LogP contribution in [-0.2, 0) is 4.79 Å². The van der Waals surface area contributed by atoms with E-state index >= 15 is 0 Å². The molecular weight excluding hydrogens is 355 g/mol. The van der Waals surface area contributed by atoms with Crippen LogP contribution in [0.15, 0.2) is 48.5 Å². The Labute approximate surface area is 164 Å². The van der Waals surface area contributed by atoms with E-state index in [-0.39, 0.29) is 30.2 Å². The lowest BCUT2D eigenvalue weighted by Crippen LogP contribution is -2.66. The number of halogens is 1. The van der Waals surface area contributed by atoms with Crippen LogP contribution in [0.4, 0.5) is 4.39 Å². The molecule has 144 valence electrons. The van der Waals surface area contributed by atoms with E-state index in [1.54, 1.807) is 11.0 Å². The van der Waals surface area contributed by atoms with E-state index in [2.05, 4.69) is 6.07 Å². The zero-order valence-corrected chi connectivity index (χ0v) is 15.6. The minimum Gasteiger partial charge on any atom is -0.394 e. The van der Waals surface area contributed by atoms with Crippen molar-refractivity contribution in [2.24, 2.45) is 5.92 Å². The maximum atomic E-state index is 13.8. The molecule has 4 nitrogen and oxygen atoms in total. The molecule has 0 radical (unpaired) electrons. The summed E-state index contributed by atoms with van der Waals surface area (Å²) < 4.78 is 13.8. The minimum absolute atomic E-state index is 0.0115. The van der Waals surface area contributed by atoms with Gasteiger partial charge in [0, 0.05) is 11.8 Å². The summed E-state index contributed by atoms with van der Waals surface area (Å²) in [4.78, 5) is 14.5. The van der Waals surface area contributed by atoms with Crippen LogP contribution in [-0.4, -0.2) is 34.6 Å². The van der Waals surface area contributed by atoms with Crippen molar-refractivity contribution >= 4 is 5.91 Å². The van der Waals surface area contributed by atoms with Gasteiger partial charge in [-0.1, -0.05) is 49.2 Å². The van der Waals surface area contributed by atoms with Gasteiger partial charge < -0.3 is 10.0 Å². The van der Waals surface area contributed by atoms with Gasteiger partial charge in [-0.2, -0.15) is 5.26 Å². The van der Waals surface area contributed by atoms with Gasteiger partial charge in [-0.15, -0.1) is 0 Å². The van der Waals surface area contributed by atoms with E-state index < -0.39 is 12.1 Å². The smallest absolute Gasteiger partial charge is 0.227 e. The average molecular weight is 378 g/mol. The second-order valence-electron chi connectivity index (χ2n) is 7.67. The average Bonchev–Trinajstić information content (AvgIpc) is 3.23. The number of carbonyl (C=O) groups is 1. The van der Waals surface area contributed by atoms with Crippen LogP contribution in [0.2, 0.25) is 0 Å². The van der Waals surface area contributed by atoms with E-state index in [9.17, 15) is 19.6 Å². The number of aliphatic hydroxyl groups excluding tert-OH is 1. The van der Waals surface area contributed by atoms with Gasteiger partial charge in [0.05, 0.1) is 18.7 Å². The first kappa shape index (κ1) is 18.6. The first-order chi connectivity index (χ1) is 13.7. The van der Waals surface area contributed by atoms with Crippen molar-refractivity contribution in [1.82, 2.24) is 4.90 Å². The molecule has 2 aromatic rings. The van der Waals surface area contributed by atoms with Gasteiger partial charge in [0.25, 0.3) is 0 Å². The van der Waals surface area contributed by atoms with Crippen molar-refractivity contribution < 1.29 is 14.3 Å². The number of benzene rings is 2. The third-order valence-electron chi connectivity index (χ3n) is 6.15. The highest BCUT2D eigenvalue weighted by molar-refractivity contribution is 5.82. The summed E-state index contributed by atoms with van der Waals surface area (Å²) in [6.07, 6.45) is 3.79. The molecule has 2 aliphatic rings. The summed E-state index contributed by atoms with van der Waals surface area (Å²) in [6.45, 7) is -0.196. The molecule has 4 rings (SSSR count). The van der Waals surface area contributed by atoms with Gasteiger partial charge >= 0.3 is 0 Å². The monoisotopic (exact) mass is 378 g/mol. The highest BCUT2D eigenvalue weighted by Gasteiger charge is 2.53. The number of nitriles is 1. The Morgan fingerprint density at radius 3 is 2.61 bits per heavy atom. The van der Waals surface area contributed by atoms with Crippen LogP contribution in [0.25, 0.3) is 11.1 Å². The molecule has 1 saturated heterocycles. The first-order valence-electron chi connectivity index (χ1n) is 9.83. The van der Waals surface area contributed by atoms with Gasteiger partial charge in [0.2, 0.25) is 5.91 Å². The number of hydrogen-bond donors (Lipinski definition) is 1. The Hall–Kier alpha value is -2.71. The highest BCUT2D eigenvalue weighted by atomic mass is 19.1. The maximum absolute atomic E-state index is 13.8. The third kappa shape index (κ3) is 3.08. The molecule has 1 aliphatic heterocycles. The Balaban J connectivity index is 1.70. The molecule has 0 aromatic heterocycles. The molecule has 1 amide bonds. The summed E-state index contributed by atoms with van der Waals surface area (Å²) in [5, 5.41) is 19.8. The summed E-state index contributed by atoms with van der Waals surface area (Å²) in [7, 11) is 0. The van der Waals surface area contributed by atoms with Crippen molar-refractivity contribution in [3.8, 4) is 17.2 Å². The molecule has 28 heavy (non-hydrogen) atoms. The van der Waals surface area contributed by atoms with Gasteiger partial charge in [-0.3, -0.25) is 4.79 Å². The van der Waals surface area contributed by atoms with Crippen molar-refractivity contribution in [3.63, 3.8) is 0 Å². The highest BCUT2D eigenvalue weighted by Crippen LogP contribution is 2.45. The van der Waals surface area contributed by atoms with Crippen LogP contribution in [0.1, 0.15) is 37.2 Å². The van der Waals surface area contributed by atoms with E-state index in [1.165, 1.54) is 12.1 Å². The number of likely N-dealkylation sites (tertiary alicyclic amines) is 1. The van der Waals surface area contributed by atoms with Crippen LogP contribution >= 0.6 is 0 Å². The normalized spacial score (nSPS) is 24.6. The van der Waals surface area contributed by atoms with E-state index in [1.807, 2.05) is 30.3 Å². The van der Waals surface area contributed by atoms with Crippen molar-refractivity contribution in [3.05, 3.63) is 59.9 Å². The summed E-state index contributed by atoms with van der Waals surface area (Å²) in [5.74, 6) is -0.666. The van der Waals surface area contributed by atoms with Gasteiger partial charge in [0.15, 0.2) is 0 Å². The second-order valence-corrected chi connectivity index (χ2v) is 7.67. The Bertz CT molecular complexity index is 917. The maximum Gasteiger partial charge on any atom is 0.227 e. The lowest BCUT2D eigenvalue weighted by atomic mass is 9.73. The quantitative estimate of drug-likeness (QED) is 0.879. The Kier molecular flexibility index (Phi) is 5.15. The predicted octanol–water partition coefficient (Wildman–Crippen LogP) is 3.86. The van der Waals surface area contributed by atoms with Crippen molar-refractivity contribution in [2.75, 3.05) is 6.61 Å². The number of carbonyl (C=O) groups excluding carboxylic acids is 1. The lowest BCUT2D eigenvalue weighted by molar-refractivity contribution is -0.151. The van der Waals surface area contributed by atoms with Crippen LogP contribution in [0.5, 0.6) is 0 Å². The molecule has 1 aliphatic carbocycles. The molecule has 2 aromatic carbocycles. The fraction of sp³-hybridized carbons (Fsp3) is 0.391. The number of amides is 1. The van der Waals surface area contributed by atoms with E-state index in [0.717, 1.165) is 42.4 Å². The molecule has 0 spiro atoms. The van der Waals surface area contributed by atoms with Crippen LogP contribution in [0, 0.1) is 23.1 Å². The molecule has 0 unspecified atom stereocenters. The number of rotatable bonds is 4. The molecule has 2 fully saturated rings. The number of aliphatic hydroxyl groups is 1. The summed E-state index contributed by atoms with van der Waals surface area (Å²) in [5.41, 5.74) is 2.43. The minimum atomic E-state index is -0.611. The summed E-state index contributed by atoms with van der Waals surface area (Å²) >= 11 is 0. The standard InChI is InChI=1S/C23H23FN2O2/c24-17-9-5-8-16(12-17)18-10-3-4-11-19(18)22-20(13-25)26(21(22)14-27)23(28)15-6-1-2-7-15/h3-5,8-12,15,20-22,27H,1-2,6-7,14H2/t20-,21+,22+/m1/s1. The molecule has 1 saturated carbocycles. The topological polar surface area (TPSA) is 64.3 Å². The fourth-order valence-electron chi connectivity index (χ4n) is 4.77. The molecule has 1 heterocycles. The Morgan fingerprint density at radius 2 is 1.93 bits per heavy atom.